The van der Waals surface area contributed by atoms with Crippen LogP contribution in [-0.2, 0) is 21.2 Å². The fourth-order valence-corrected chi connectivity index (χ4v) is 6.80. The first kappa shape index (κ1) is 25.8. The molecule has 2 saturated heterocycles. The molecule has 0 spiro atoms. The fraction of sp³-hybridized carbons (Fsp3) is 0.400. The second-order valence-corrected chi connectivity index (χ2v) is 11.9. The number of carbonyl (C=O) groups excluding carboxylic acids is 1. The largest absolute Gasteiger partial charge is 0.443 e. The van der Waals surface area contributed by atoms with Crippen molar-refractivity contribution in [1.82, 2.24) is 19.3 Å². The van der Waals surface area contributed by atoms with Gasteiger partial charge in [-0.1, -0.05) is 28.0 Å². The Morgan fingerprint density at radius 1 is 1.08 bits per heavy atom. The van der Waals surface area contributed by atoms with Gasteiger partial charge < -0.3 is 9.26 Å². The van der Waals surface area contributed by atoms with Gasteiger partial charge in [-0.15, -0.1) is 0 Å². The van der Waals surface area contributed by atoms with Gasteiger partial charge in [0.05, 0.1) is 11.4 Å². The normalized spacial score (nSPS) is 19.4. The van der Waals surface area contributed by atoms with Crippen LogP contribution in [0.15, 0.2) is 56.4 Å². The highest BCUT2D eigenvalue weighted by molar-refractivity contribution is 9.10. The molecule has 0 N–H and O–H groups in total. The lowest BCUT2D eigenvalue weighted by atomic mass is 10.2. The van der Waals surface area contributed by atoms with Crippen LogP contribution >= 0.6 is 15.9 Å². The number of ether oxygens (including phenoxy) is 1. The molecule has 1 atom stereocenters. The minimum atomic E-state index is -3.57. The molecule has 3 heterocycles. The fourth-order valence-electron chi connectivity index (χ4n) is 4.69. The number of amides is 1. The molecule has 2 aromatic carbocycles. The Morgan fingerprint density at radius 2 is 1.81 bits per heavy atom. The molecule has 2 fully saturated rings. The molecule has 2 aliphatic rings. The zero-order valence-electron chi connectivity index (χ0n) is 20.6. The number of rotatable bonds is 7. The van der Waals surface area contributed by atoms with E-state index in [1.54, 1.807) is 28.3 Å². The van der Waals surface area contributed by atoms with Crippen molar-refractivity contribution in [3.05, 3.63) is 58.4 Å². The lowest BCUT2D eigenvalue weighted by Crippen LogP contribution is -2.50. The molecule has 2 aliphatic heterocycles. The van der Waals surface area contributed by atoms with E-state index in [0.717, 1.165) is 21.3 Å². The molecular weight excluding hydrogens is 562 g/mol. The van der Waals surface area contributed by atoms with Crippen molar-refractivity contribution in [3.8, 4) is 11.4 Å². The van der Waals surface area contributed by atoms with Crippen molar-refractivity contribution in [3.63, 3.8) is 0 Å². The summed E-state index contributed by atoms with van der Waals surface area (Å²) >= 11 is 3.42. The quantitative estimate of drug-likeness (QED) is 0.410. The molecule has 1 unspecified atom stereocenters. The maximum atomic E-state index is 13.3. The molecule has 0 radical (unpaired) electrons. The number of anilines is 1. The van der Waals surface area contributed by atoms with Crippen molar-refractivity contribution in [2.45, 2.75) is 31.3 Å². The average molecular weight is 591 g/mol. The number of hydrogen-bond donors (Lipinski definition) is 0. The molecule has 37 heavy (non-hydrogen) atoms. The van der Waals surface area contributed by atoms with Gasteiger partial charge in [0.25, 0.3) is 0 Å². The third-order valence-electron chi connectivity index (χ3n) is 6.65. The third kappa shape index (κ3) is 5.42. The van der Waals surface area contributed by atoms with Gasteiger partial charge in [0.1, 0.15) is 6.10 Å². The van der Waals surface area contributed by atoms with Gasteiger partial charge in [-0.25, -0.2) is 13.2 Å². The predicted octanol–water partition coefficient (Wildman–Crippen LogP) is 3.70. The Kier molecular flexibility index (Phi) is 7.35. The van der Waals surface area contributed by atoms with Gasteiger partial charge in [0.2, 0.25) is 21.7 Å². The van der Waals surface area contributed by atoms with Crippen molar-refractivity contribution in [2.24, 2.45) is 0 Å². The summed E-state index contributed by atoms with van der Waals surface area (Å²) in [4.78, 5) is 20.9. The van der Waals surface area contributed by atoms with E-state index in [0.29, 0.717) is 62.3 Å². The Bertz CT molecular complexity index is 1390. The summed E-state index contributed by atoms with van der Waals surface area (Å²) in [6, 6.07) is 12.7. The Balaban J connectivity index is 1.17. The highest BCUT2D eigenvalue weighted by Crippen LogP contribution is 2.27. The minimum absolute atomic E-state index is 0.298. The average Bonchev–Trinajstić information content (AvgIpc) is 3.49. The van der Waals surface area contributed by atoms with Crippen molar-refractivity contribution in [1.29, 1.82) is 0 Å². The van der Waals surface area contributed by atoms with E-state index in [1.165, 1.54) is 0 Å². The van der Waals surface area contributed by atoms with Gasteiger partial charge in [0.15, 0.2) is 0 Å². The van der Waals surface area contributed by atoms with E-state index < -0.39 is 16.1 Å². The Labute approximate surface area is 224 Å². The Hall–Kier alpha value is -2.80. The number of benzene rings is 2. The standard InChI is InChI=1S/C25H28BrN5O5S/c1-3-18-14-20(26)6-9-23(18)37(33,34)30-12-10-29(11-13-30)15-22-16-31(25(32)35-22)21-7-4-19(5-8-21)24-27-17(2)36-28-24/h4-9,14,22H,3,10-13,15-16H2,1-2H3. The van der Waals surface area contributed by atoms with Crippen LogP contribution in [0, 0.1) is 6.92 Å². The van der Waals surface area contributed by atoms with Crippen LogP contribution in [0.4, 0.5) is 10.5 Å². The van der Waals surface area contributed by atoms with E-state index in [2.05, 4.69) is 31.0 Å². The van der Waals surface area contributed by atoms with Crippen LogP contribution in [0.2, 0.25) is 0 Å². The van der Waals surface area contributed by atoms with Crippen molar-refractivity contribution < 1.29 is 22.5 Å². The highest BCUT2D eigenvalue weighted by atomic mass is 79.9. The molecule has 0 aliphatic carbocycles. The van der Waals surface area contributed by atoms with Crippen LogP contribution < -0.4 is 4.90 Å². The lowest BCUT2D eigenvalue weighted by Gasteiger charge is -2.35. The van der Waals surface area contributed by atoms with E-state index >= 15 is 0 Å². The number of halogens is 1. The van der Waals surface area contributed by atoms with Crippen LogP contribution in [0.5, 0.6) is 0 Å². The second kappa shape index (κ2) is 10.5. The molecule has 1 aromatic heterocycles. The van der Waals surface area contributed by atoms with Gasteiger partial charge in [-0.05, 0) is 54.4 Å². The van der Waals surface area contributed by atoms with Crippen molar-refractivity contribution in [2.75, 3.05) is 44.2 Å². The number of sulfonamides is 1. The summed E-state index contributed by atoms with van der Waals surface area (Å²) < 4.78 is 39.6. The summed E-state index contributed by atoms with van der Waals surface area (Å²) in [5, 5.41) is 3.91. The summed E-state index contributed by atoms with van der Waals surface area (Å²) in [6.07, 6.45) is -0.0538. The first-order valence-corrected chi connectivity index (χ1v) is 14.4. The van der Waals surface area contributed by atoms with Crippen LogP contribution in [0.1, 0.15) is 18.4 Å². The number of hydrogen-bond acceptors (Lipinski definition) is 8. The topological polar surface area (TPSA) is 109 Å². The van der Waals surface area contributed by atoms with Crippen molar-refractivity contribution >= 4 is 37.7 Å². The third-order valence-corrected chi connectivity index (χ3v) is 9.15. The molecule has 0 bridgehead atoms. The van der Waals surface area contributed by atoms with Gasteiger partial charge >= 0.3 is 6.09 Å². The molecule has 196 valence electrons. The summed E-state index contributed by atoms with van der Waals surface area (Å²) in [7, 11) is -3.57. The molecule has 12 heteroatoms. The van der Waals surface area contributed by atoms with E-state index in [9.17, 15) is 13.2 Å². The zero-order valence-corrected chi connectivity index (χ0v) is 23.0. The number of aryl methyl sites for hydroxylation is 2. The second-order valence-electron chi connectivity index (χ2n) is 9.11. The smallest absolute Gasteiger partial charge is 0.414 e. The monoisotopic (exact) mass is 589 g/mol. The molecule has 0 saturated carbocycles. The number of nitrogens with zero attached hydrogens (tertiary/aromatic N) is 5. The predicted molar refractivity (Wildman–Crippen MR) is 141 cm³/mol. The first-order valence-electron chi connectivity index (χ1n) is 12.1. The summed E-state index contributed by atoms with van der Waals surface area (Å²) in [6.45, 7) is 6.59. The molecule has 10 nitrogen and oxygen atoms in total. The molecule has 1 amide bonds. The molecular formula is C25H28BrN5O5S. The van der Waals surface area contributed by atoms with E-state index in [-0.39, 0.29) is 6.10 Å². The van der Waals surface area contributed by atoms with E-state index in [4.69, 9.17) is 9.26 Å². The van der Waals surface area contributed by atoms with Crippen LogP contribution in [0.3, 0.4) is 0 Å². The van der Waals surface area contributed by atoms with Crippen LogP contribution in [-0.4, -0.2) is 79.2 Å². The SMILES string of the molecule is CCc1cc(Br)ccc1S(=O)(=O)N1CCN(CC2CN(c3ccc(-c4noc(C)n4)cc3)C(=O)O2)CC1. The Morgan fingerprint density at radius 3 is 2.46 bits per heavy atom. The van der Waals surface area contributed by atoms with Gasteiger partial charge in [-0.3, -0.25) is 9.80 Å². The van der Waals surface area contributed by atoms with Gasteiger partial charge in [0, 0.05) is 55.4 Å². The zero-order chi connectivity index (χ0) is 26.2. The summed E-state index contributed by atoms with van der Waals surface area (Å²) in [5.41, 5.74) is 2.33. The maximum Gasteiger partial charge on any atom is 0.414 e. The van der Waals surface area contributed by atoms with E-state index in [1.807, 2.05) is 37.3 Å². The maximum absolute atomic E-state index is 13.3. The first-order chi connectivity index (χ1) is 17.7. The highest BCUT2D eigenvalue weighted by Gasteiger charge is 2.36. The summed E-state index contributed by atoms with van der Waals surface area (Å²) in [5.74, 6) is 0.987. The number of piperazine rings is 1. The molecule has 5 rings (SSSR count). The number of cyclic esters (lactones) is 1. The number of aromatic nitrogens is 2. The minimum Gasteiger partial charge on any atom is -0.443 e. The lowest BCUT2D eigenvalue weighted by molar-refractivity contribution is 0.0937. The van der Waals surface area contributed by atoms with Gasteiger partial charge in [-0.2, -0.15) is 9.29 Å². The van der Waals surface area contributed by atoms with Crippen LogP contribution in [0.25, 0.3) is 11.4 Å². The number of carbonyl (C=O) groups is 1. The molecule has 3 aromatic rings.